The highest BCUT2D eigenvalue weighted by atomic mass is 15.3. The SMILES string of the molecule is CCc1nn(C)cc1NCCCCC(C)(C)C#N. The van der Waals surface area contributed by atoms with Crippen LogP contribution in [0.5, 0.6) is 0 Å². The van der Waals surface area contributed by atoms with Crippen LogP contribution in [0, 0.1) is 16.7 Å². The van der Waals surface area contributed by atoms with Crippen molar-refractivity contribution in [2.45, 2.75) is 46.5 Å². The normalized spacial score (nSPS) is 11.3. The van der Waals surface area contributed by atoms with E-state index >= 15 is 0 Å². The molecule has 1 N–H and O–H groups in total. The van der Waals surface area contributed by atoms with Gasteiger partial charge in [-0.1, -0.05) is 13.3 Å². The number of nitrogens with zero attached hydrogens (tertiary/aromatic N) is 3. The second-order valence-corrected chi connectivity index (χ2v) is 5.40. The molecule has 1 aromatic rings. The van der Waals surface area contributed by atoms with Crippen LogP contribution < -0.4 is 5.32 Å². The minimum Gasteiger partial charge on any atom is -0.382 e. The summed E-state index contributed by atoms with van der Waals surface area (Å²) in [7, 11) is 1.94. The van der Waals surface area contributed by atoms with Gasteiger partial charge in [-0.2, -0.15) is 10.4 Å². The maximum atomic E-state index is 8.92. The Morgan fingerprint density at radius 1 is 1.44 bits per heavy atom. The lowest BCUT2D eigenvalue weighted by molar-refractivity contribution is 0.430. The molecule has 0 atom stereocenters. The highest BCUT2D eigenvalue weighted by molar-refractivity contribution is 5.46. The standard InChI is InChI=1S/C14H24N4/c1-5-12-13(10-18(4)17-12)16-9-7-6-8-14(2,3)11-15/h10,16H,5-9H2,1-4H3. The van der Waals surface area contributed by atoms with Crippen LogP contribution in [0.4, 0.5) is 5.69 Å². The first-order valence-corrected chi connectivity index (χ1v) is 6.66. The van der Waals surface area contributed by atoms with Gasteiger partial charge in [-0.05, 0) is 33.1 Å². The molecule has 0 fully saturated rings. The lowest BCUT2D eigenvalue weighted by Crippen LogP contribution is -2.09. The molecule has 0 amide bonds. The number of aromatic nitrogens is 2. The van der Waals surface area contributed by atoms with Gasteiger partial charge in [-0.25, -0.2) is 0 Å². The summed E-state index contributed by atoms with van der Waals surface area (Å²) in [6.07, 6.45) is 6.10. The van der Waals surface area contributed by atoms with Crippen molar-refractivity contribution in [3.05, 3.63) is 11.9 Å². The van der Waals surface area contributed by atoms with E-state index in [1.165, 1.54) is 0 Å². The smallest absolute Gasteiger partial charge is 0.0853 e. The van der Waals surface area contributed by atoms with Crippen molar-refractivity contribution >= 4 is 5.69 Å². The molecule has 4 nitrogen and oxygen atoms in total. The molecule has 0 aliphatic carbocycles. The number of nitriles is 1. The van der Waals surface area contributed by atoms with Crippen LogP contribution in [0.15, 0.2) is 6.20 Å². The molecule has 0 unspecified atom stereocenters. The molecule has 0 aliphatic rings. The molecule has 1 heterocycles. The summed E-state index contributed by atoms with van der Waals surface area (Å²) in [5, 5.41) is 16.7. The first-order chi connectivity index (χ1) is 8.48. The van der Waals surface area contributed by atoms with Crippen LogP contribution >= 0.6 is 0 Å². The van der Waals surface area contributed by atoms with E-state index in [2.05, 4.69) is 23.4 Å². The molecular weight excluding hydrogens is 224 g/mol. The number of unbranched alkanes of at least 4 members (excludes halogenated alkanes) is 1. The number of hydrogen-bond donors (Lipinski definition) is 1. The molecule has 0 bridgehead atoms. The van der Waals surface area contributed by atoms with Crippen molar-refractivity contribution in [3.63, 3.8) is 0 Å². The van der Waals surface area contributed by atoms with Gasteiger partial charge in [-0.15, -0.1) is 0 Å². The maximum Gasteiger partial charge on any atom is 0.0853 e. The van der Waals surface area contributed by atoms with E-state index in [-0.39, 0.29) is 5.41 Å². The predicted molar refractivity (Wildman–Crippen MR) is 74.3 cm³/mol. The van der Waals surface area contributed by atoms with Gasteiger partial charge in [0, 0.05) is 19.8 Å². The molecule has 100 valence electrons. The van der Waals surface area contributed by atoms with Gasteiger partial charge in [0.2, 0.25) is 0 Å². The van der Waals surface area contributed by atoms with Gasteiger partial charge in [0.05, 0.1) is 22.9 Å². The monoisotopic (exact) mass is 248 g/mol. The maximum absolute atomic E-state index is 8.92. The third-order valence-electron chi connectivity index (χ3n) is 3.09. The zero-order valence-corrected chi connectivity index (χ0v) is 12.0. The molecule has 18 heavy (non-hydrogen) atoms. The van der Waals surface area contributed by atoms with E-state index < -0.39 is 0 Å². The zero-order chi connectivity index (χ0) is 13.6. The van der Waals surface area contributed by atoms with Gasteiger partial charge >= 0.3 is 0 Å². The van der Waals surface area contributed by atoms with Crippen molar-refractivity contribution in [1.29, 1.82) is 5.26 Å². The van der Waals surface area contributed by atoms with Crippen LogP contribution in [0.25, 0.3) is 0 Å². The quantitative estimate of drug-likeness (QED) is 0.754. The van der Waals surface area contributed by atoms with Crippen LogP contribution in [0.2, 0.25) is 0 Å². The largest absolute Gasteiger partial charge is 0.382 e. The second-order valence-electron chi connectivity index (χ2n) is 5.40. The van der Waals surface area contributed by atoms with E-state index in [1.807, 2.05) is 31.8 Å². The van der Waals surface area contributed by atoms with Crippen molar-refractivity contribution in [3.8, 4) is 6.07 Å². The molecule has 1 aromatic heterocycles. The summed E-state index contributed by atoms with van der Waals surface area (Å²) in [5.41, 5.74) is 2.07. The van der Waals surface area contributed by atoms with E-state index in [1.54, 1.807) is 0 Å². The fraction of sp³-hybridized carbons (Fsp3) is 0.714. The first-order valence-electron chi connectivity index (χ1n) is 6.66. The van der Waals surface area contributed by atoms with Crippen LogP contribution in [0.1, 0.15) is 45.7 Å². The highest BCUT2D eigenvalue weighted by Gasteiger charge is 2.15. The Labute approximate surface area is 110 Å². The minimum atomic E-state index is -0.192. The van der Waals surface area contributed by atoms with E-state index in [4.69, 9.17) is 5.26 Å². The summed E-state index contributed by atoms with van der Waals surface area (Å²) in [6.45, 7) is 7.05. The number of anilines is 1. The topological polar surface area (TPSA) is 53.6 Å². The Balaban J connectivity index is 2.28. The molecule has 0 aromatic carbocycles. The van der Waals surface area contributed by atoms with Gasteiger partial charge < -0.3 is 5.32 Å². The fourth-order valence-corrected chi connectivity index (χ4v) is 1.91. The molecule has 0 spiro atoms. The Morgan fingerprint density at radius 2 is 2.17 bits per heavy atom. The Hall–Kier alpha value is -1.50. The van der Waals surface area contributed by atoms with E-state index in [9.17, 15) is 0 Å². The minimum absolute atomic E-state index is 0.192. The Morgan fingerprint density at radius 3 is 2.78 bits per heavy atom. The molecular formula is C14H24N4. The number of rotatable bonds is 7. The summed E-state index contributed by atoms with van der Waals surface area (Å²) >= 11 is 0. The summed E-state index contributed by atoms with van der Waals surface area (Å²) in [4.78, 5) is 0. The predicted octanol–water partition coefficient (Wildman–Crippen LogP) is 3.11. The molecule has 0 radical (unpaired) electrons. The van der Waals surface area contributed by atoms with Gasteiger partial charge in [0.15, 0.2) is 0 Å². The van der Waals surface area contributed by atoms with Crippen LogP contribution in [-0.4, -0.2) is 16.3 Å². The average molecular weight is 248 g/mol. The lowest BCUT2D eigenvalue weighted by Gasteiger charge is -2.14. The fourth-order valence-electron chi connectivity index (χ4n) is 1.91. The molecule has 1 rings (SSSR count). The summed E-state index contributed by atoms with van der Waals surface area (Å²) < 4.78 is 1.85. The lowest BCUT2D eigenvalue weighted by atomic mass is 9.89. The Kier molecular flexibility index (Phi) is 5.21. The molecule has 0 saturated carbocycles. The van der Waals surface area contributed by atoms with E-state index in [0.29, 0.717) is 0 Å². The van der Waals surface area contributed by atoms with Gasteiger partial charge in [0.25, 0.3) is 0 Å². The van der Waals surface area contributed by atoms with Crippen molar-refractivity contribution in [1.82, 2.24) is 9.78 Å². The first kappa shape index (κ1) is 14.6. The van der Waals surface area contributed by atoms with E-state index in [0.717, 1.165) is 43.6 Å². The summed E-state index contributed by atoms with van der Waals surface area (Å²) in [5.74, 6) is 0. The summed E-state index contributed by atoms with van der Waals surface area (Å²) in [6, 6.07) is 2.34. The van der Waals surface area contributed by atoms with Crippen molar-refractivity contribution < 1.29 is 0 Å². The van der Waals surface area contributed by atoms with Gasteiger partial charge in [-0.3, -0.25) is 4.68 Å². The average Bonchev–Trinajstić information content (AvgIpc) is 2.69. The van der Waals surface area contributed by atoms with Gasteiger partial charge in [0.1, 0.15) is 0 Å². The second kappa shape index (κ2) is 6.44. The third kappa shape index (κ3) is 4.40. The Bertz CT molecular complexity index is 412. The number of nitrogens with one attached hydrogen (secondary N) is 1. The highest BCUT2D eigenvalue weighted by Crippen LogP contribution is 2.21. The number of hydrogen-bond acceptors (Lipinski definition) is 3. The number of aryl methyl sites for hydroxylation is 2. The van der Waals surface area contributed by atoms with Crippen LogP contribution in [-0.2, 0) is 13.5 Å². The third-order valence-corrected chi connectivity index (χ3v) is 3.09. The molecule has 0 aliphatic heterocycles. The van der Waals surface area contributed by atoms with Crippen LogP contribution in [0.3, 0.4) is 0 Å². The molecule has 4 heteroatoms. The van der Waals surface area contributed by atoms with Crippen molar-refractivity contribution in [2.75, 3.05) is 11.9 Å². The van der Waals surface area contributed by atoms with Crippen molar-refractivity contribution in [2.24, 2.45) is 12.5 Å². The molecule has 0 saturated heterocycles. The zero-order valence-electron chi connectivity index (χ0n) is 12.0.